The Kier molecular flexibility index (Phi) is 10.3. The van der Waals surface area contributed by atoms with Crippen LogP contribution >= 0.6 is 0 Å². The van der Waals surface area contributed by atoms with E-state index in [1.165, 1.54) is 113 Å². The SMILES string of the molecule is Oc1cc(Oc2ccc(C3CCCCC3)cc2)c(C2CCCCC2)cc1-n1cccc1.Oc1ccc(C2CCCCC2)cc1. The van der Waals surface area contributed by atoms with Crippen molar-refractivity contribution in [2.24, 2.45) is 0 Å². The average Bonchev–Trinajstić information content (AvgIpc) is 3.62. The van der Waals surface area contributed by atoms with Crippen LogP contribution in [0.15, 0.2) is 85.2 Å². The topological polar surface area (TPSA) is 54.6 Å². The Morgan fingerprint density at radius 2 is 1.02 bits per heavy atom. The van der Waals surface area contributed by atoms with E-state index in [-0.39, 0.29) is 5.75 Å². The maximum absolute atomic E-state index is 10.8. The van der Waals surface area contributed by atoms with Gasteiger partial charge < -0.3 is 19.5 Å². The van der Waals surface area contributed by atoms with E-state index in [9.17, 15) is 5.11 Å². The van der Waals surface area contributed by atoms with Gasteiger partial charge in [-0.2, -0.15) is 0 Å². The number of phenols is 2. The quantitative estimate of drug-likeness (QED) is 0.234. The van der Waals surface area contributed by atoms with E-state index >= 15 is 0 Å². The van der Waals surface area contributed by atoms with Crippen LogP contribution in [0.5, 0.6) is 23.0 Å². The molecule has 3 saturated carbocycles. The molecule has 1 aromatic heterocycles. The lowest BCUT2D eigenvalue weighted by molar-refractivity contribution is 0.412. The van der Waals surface area contributed by atoms with Crippen LogP contribution < -0.4 is 4.74 Å². The third-order valence-corrected chi connectivity index (χ3v) is 10.2. The molecule has 0 saturated heterocycles. The summed E-state index contributed by atoms with van der Waals surface area (Å²) >= 11 is 0. The fourth-order valence-electron chi connectivity index (χ4n) is 7.65. The predicted molar refractivity (Wildman–Crippen MR) is 180 cm³/mol. The van der Waals surface area contributed by atoms with Crippen LogP contribution in [-0.4, -0.2) is 14.8 Å². The first-order chi connectivity index (χ1) is 21.6. The van der Waals surface area contributed by atoms with Crippen molar-refractivity contribution in [2.75, 3.05) is 0 Å². The molecule has 3 aromatic carbocycles. The van der Waals surface area contributed by atoms with Gasteiger partial charge in [0.15, 0.2) is 0 Å². The molecule has 4 aromatic rings. The summed E-state index contributed by atoms with van der Waals surface area (Å²) in [6.07, 6.45) is 23.6. The normalized spacial score (nSPS) is 18.4. The van der Waals surface area contributed by atoms with Gasteiger partial charge in [0, 0.05) is 24.0 Å². The van der Waals surface area contributed by atoms with Gasteiger partial charge in [0.25, 0.3) is 0 Å². The lowest BCUT2D eigenvalue weighted by Crippen LogP contribution is -2.07. The molecule has 44 heavy (non-hydrogen) atoms. The zero-order valence-electron chi connectivity index (χ0n) is 26.2. The van der Waals surface area contributed by atoms with E-state index in [1.54, 1.807) is 12.1 Å². The lowest BCUT2D eigenvalue weighted by Gasteiger charge is -2.25. The van der Waals surface area contributed by atoms with Gasteiger partial charge in [-0.3, -0.25) is 0 Å². The number of phenolic OH excluding ortho intramolecular Hbond substituents is 2. The Labute approximate surface area is 263 Å². The predicted octanol–water partition coefficient (Wildman–Crippen LogP) is 11.5. The molecule has 0 spiro atoms. The van der Waals surface area contributed by atoms with E-state index in [4.69, 9.17) is 9.84 Å². The highest BCUT2D eigenvalue weighted by Crippen LogP contribution is 2.43. The van der Waals surface area contributed by atoms with Crippen molar-refractivity contribution >= 4 is 0 Å². The first kappa shape index (κ1) is 30.4. The molecule has 7 rings (SSSR count). The third-order valence-electron chi connectivity index (χ3n) is 10.2. The fourth-order valence-corrected chi connectivity index (χ4v) is 7.65. The van der Waals surface area contributed by atoms with Crippen LogP contribution in [-0.2, 0) is 0 Å². The van der Waals surface area contributed by atoms with Crippen LogP contribution in [0.1, 0.15) is 131 Å². The number of aromatic nitrogens is 1. The minimum absolute atomic E-state index is 0.254. The van der Waals surface area contributed by atoms with Gasteiger partial charge >= 0.3 is 0 Å². The highest BCUT2D eigenvalue weighted by atomic mass is 16.5. The van der Waals surface area contributed by atoms with Crippen molar-refractivity contribution in [1.82, 2.24) is 4.57 Å². The number of nitrogens with zero attached hydrogens (tertiary/aromatic N) is 1. The number of aromatic hydroxyl groups is 2. The summed E-state index contributed by atoms with van der Waals surface area (Å²) in [5.74, 6) is 4.21. The molecule has 0 bridgehead atoms. The lowest BCUT2D eigenvalue weighted by atomic mass is 9.83. The Bertz CT molecular complexity index is 1420. The Morgan fingerprint density at radius 3 is 1.55 bits per heavy atom. The summed E-state index contributed by atoms with van der Waals surface area (Å²) in [7, 11) is 0. The molecule has 4 heteroatoms. The molecule has 0 unspecified atom stereocenters. The highest BCUT2D eigenvalue weighted by Gasteiger charge is 2.23. The Morgan fingerprint density at radius 1 is 0.545 bits per heavy atom. The summed E-state index contributed by atoms with van der Waals surface area (Å²) in [6.45, 7) is 0. The standard InChI is InChI=1S/C28H33NO2.C12H16O/c30-27-20-28(31-24-15-13-22(14-16-24)21-9-3-1-4-10-21)25(23-11-5-2-6-12-23)19-26(27)29-17-7-8-18-29;13-12-8-6-11(7-9-12)10-4-2-1-3-5-10/h7-8,13-21,23,30H,1-6,9-12H2;6-10,13H,1-5H2. The molecule has 4 nitrogen and oxygen atoms in total. The summed E-state index contributed by atoms with van der Waals surface area (Å²) in [6, 6.07) is 24.3. The first-order valence-electron chi connectivity index (χ1n) is 17.2. The van der Waals surface area contributed by atoms with Gasteiger partial charge in [0.1, 0.15) is 23.0 Å². The number of hydrogen-bond acceptors (Lipinski definition) is 3. The molecule has 2 N–H and O–H groups in total. The van der Waals surface area contributed by atoms with Crippen LogP contribution in [0.2, 0.25) is 0 Å². The molecule has 0 aliphatic heterocycles. The molecule has 1 heterocycles. The maximum Gasteiger partial charge on any atom is 0.143 e. The van der Waals surface area contributed by atoms with E-state index < -0.39 is 0 Å². The van der Waals surface area contributed by atoms with Gasteiger partial charge in [-0.15, -0.1) is 0 Å². The summed E-state index contributed by atoms with van der Waals surface area (Å²) < 4.78 is 8.37. The number of hydrogen-bond donors (Lipinski definition) is 2. The van der Waals surface area contributed by atoms with Gasteiger partial charge in [0.05, 0.1) is 5.69 Å². The number of ether oxygens (including phenoxy) is 1. The van der Waals surface area contributed by atoms with E-state index in [0.29, 0.717) is 17.6 Å². The van der Waals surface area contributed by atoms with Crippen molar-refractivity contribution in [2.45, 2.75) is 114 Å². The van der Waals surface area contributed by atoms with Gasteiger partial charge in [-0.1, -0.05) is 82.1 Å². The molecular formula is C40H49NO3. The summed E-state index contributed by atoms with van der Waals surface area (Å²) in [5.41, 5.74) is 4.88. The highest BCUT2D eigenvalue weighted by molar-refractivity contribution is 5.56. The summed E-state index contributed by atoms with van der Waals surface area (Å²) in [5, 5.41) is 19.9. The van der Waals surface area contributed by atoms with Gasteiger partial charge in [-0.25, -0.2) is 0 Å². The molecule has 3 aliphatic rings. The van der Waals surface area contributed by atoms with E-state index in [1.807, 2.05) is 35.2 Å². The van der Waals surface area contributed by atoms with Crippen molar-refractivity contribution in [3.8, 4) is 28.7 Å². The fraction of sp³-hybridized carbons (Fsp3) is 0.450. The smallest absolute Gasteiger partial charge is 0.143 e. The zero-order valence-corrected chi connectivity index (χ0v) is 26.2. The van der Waals surface area contributed by atoms with Crippen LogP contribution in [0.3, 0.4) is 0 Å². The van der Waals surface area contributed by atoms with Crippen LogP contribution in [0.4, 0.5) is 0 Å². The molecule has 0 radical (unpaired) electrons. The average molecular weight is 592 g/mol. The van der Waals surface area contributed by atoms with Crippen molar-refractivity contribution in [1.29, 1.82) is 0 Å². The first-order valence-corrected chi connectivity index (χ1v) is 17.2. The van der Waals surface area contributed by atoms with Crippen LogP contribution in [0.25, 0.3) is 5.69 Å². The van der Waals surface area contributed by atoms with Crippen molar-refractivity contribution < 1.29 is 14.9 Å². The maximum atomic E-state index is 10.8. The molecule has 0 atom stereocenters. The van der Waals surface area contributed by atoms with Gasteiger partial charge in [0.2, 0.25) is 0 Å². The minimum Gasteiger partial charge on any atom is -0.508 e. The zero-order chi connectivity index (χ0) is 30.1. The molecule has 3 fully saturated rings. The van der Waals surface area contributed by atoms with Gasteiger partial charge in [-0.05, 0) is 110 Å². The van der Waals surface area contributed by atoms with Crippen molar-refractivity contribution in [3.05, 3.63) is 102 Å². The van der Waals surface area contributed by atoms with Crippen molar-refractivity contribution in [3.63, 3.8) is 0 Å². The monoisotopic (exact) mass is 591 g/mol. The van der Waals surface area contributed by atoms with Crippen LogP contribution in [0, 0.1) is 0 Å². The Balaban J connectivity index is 0.000000220. The second kappa shape index (κ2) is 14.9. The van der Waals surface area contributed by atoms with E-state index in [2.05, 4.69) is 42.5 Å². The summed E-state index contributed by atoms with van der Waals surface area (Å²) in [4.78, 5) is 0. The number of benzene rings is 3. The number of rotatable bonds is 6. The molecule has 232 valence electrons. The third kappa shape index (κ3) is 7.70. The minimum atomic E-state index is 0.254. The Hall–Kier alpha value is -3.66. The van der Waals surface area contributed by atoms with E-state index in [0.717, 1.165) is 23.1 Å². The largest absolute Gasteiger partial charge is 0.508 e. The second-order valence-corrected chi connectivity index (χ2v) is 13.2. The molecular weight excluding hydrogens is 542 g/mol. The molecule has 0 amide bonds. The molecule has 3 aliphatic carbocycles. The second-order valence-electron chi connectivity index (χ2n) is 13.2.